The lowest BCUT2D eigenvalue weighted by atomic mass is 10.2. The van der Waals surface area contributed by atoms with E-state index in [9.17, 15) is 14.9 Å². The molecule has 0 atom stereocenters. The van der Waals surface area contributed by atoms with Crippen LogP contribution in [0.15, 0.2) is 33.3 Å². The van der Waals surface area contributed by atoms with Gasteiger partial charge >= 0.3 is 0 Å². The quantitative estimate of drug-likeness (QED) is 0.658. The molecule has 0 aliphatic carbocycles. The molecule has 110 valence electrons. The first-order valence-electron chi connectivity index (χ1n) is 6.17. The maximum atomic E-state index is 12.1. The van der Waals surface area contributed by atoms with E-state index in [-0.39, 0.29) is 17.8 Å². The molecular formula is C13H12BrN3O4. The van der Waals surface area contributed by atoms with Crippen LogP contribution in [0, 0.1) is 10.1 Å². The molecule has 2 aromatic rings. The van der Waals surface area contributed by atoms with Crippen molar-refractivity contribution in [2.24, 2.45) is 0 Å². The van der Waals surface area contributed by atoms with Crippen molar-refractivity contribution in [2.45, 2.75) is 19.9 Å². The molecule has 0 fully saturated rings. The lowest BCUT2D eigenvalue weighted by molar-refractivity contribution is -0.384. The van der Waals surface area contributed by atoms with E-state index in [4.69, 9.17) is 4.42 Å². The van der Waals surface area contributed by atoms with Gasteiger partial charge in [0.15, 0.2) is 0 Å². The predicted molar refractivity (Wildman–Crippen MR) is 77.8 cm³/mol. The van der Waals surface area contributed by atoms with E-state index in [1.165, 1.54) is 18.2 Å². The zero-order valence-corrected chi connectivity index (χ0v) is 12.7. The van der Waals surface area contributed by atoms with Crippen LogP contribution in [0.5, 0.6) is 0 Å². The molecule has 8 heteroatoms. The first-order valence-corrected chi connectivity index (χ1v) is 6.96. The Hall–Kier alpha value is -2.22. The first-order chi connectivity index (χ1) is 10.0. The van der Waals surface area contributed by atoms with Gasteiger partial charge in [-0.05, 0) is 22.0 Å². The molecule has 1 aromatic heterocycles. The Labute approximate surface area is 128 Å². The molecule has 0 aliphatic rings. The number of carbonyl (C=O) groups excluding carboxylic acids is 1. The summed E-state index contributed by atoms with van der Waals surface area (Å²) in [5.74, 6) is 0.680. The number of rotatable bonds is 5. The van der Waals surface area contributed by atoms with Crippen molar-refractivity contribution in [2.75, 3.05) is 0 Å². The van der Waals surface area contributed by atoms with Gasteiger partial charge < -0.3 is 9.73 Å². The highest BCUT2D eigenvalue weighted by Crippen LogP contribution is 2.22. The van der Waals surface area contributed by atoms with Crippen LogP contribution in [0.2, 0.25) is 0 Å². The van der Waals surface area contributed by atoms with Crippen LogP contribution in [0.3, 0.4) is 0 Å². The monoisotopic (exact) mass is 353 g/mol. The Kier molecular flexibility index (Phi) is 4.69. The summed E-state index contributed by atoms with van der Waals surface area (Å²) >= 11 is 3.20. The van der Waals surface area contributed by atoms with Gasteiger partial charge in [-0.2, -0.15) is 0 Å². The number of hydrogen-bond acceptors (Lipinski definition) is 5. The predicted octanol–water partition coefficient (Wildman–Crippen LogP) is 2.84. The van der Waals surface area contributed by atoms with Crippen LogP contribution in [0.1, 0.15) is 28.9 Å². The number of amides is 1. The van der Waals surface area contributed by atoms with E-state index in [0.29, 0.717) is 10.4 Å². The molecule has 2 rings (SSSR count). The molecule has 1 heterocycles. The Balaban J connectivity index is 2.09. The average molecular weight is 354 g/mol. The smallest absolute Gasteiger partial charge is 0.270 e. The summed E-state index contributed by atoms with van der Waals surface area (Å²) in [6, 6.07) is 4.00. The highest BCUT2D eigenvalue weighted by atomic mass is 79.9. The van der Waals surface area contributed by atoms with Gasteiger partial charge in [-0.15, -0.1) is 0 Å². The maximum absolute atomic E-state index is 12.1. The van der Waals surface area contributed by atoms with Gasteiger partial charge in [-0.3, -0.25) is 14.9 Å². The Morgan fingerprint density at radius 3 is 2.90 bits per heavy atom. The number of benzene rings is 1. The fourth-order valence-corrected chi connectivity index (χ4v) is 2.07. The van der Waals surface area contributed by atoms with Gasteiger partial charge in [-0.25, -0.2) is 4.98 Å². The number of nitrogens with zero attached hydrogens (tertiary/aromatic N) is 2. The molecular weight excluding hydrogens is 342 g/mol. The molecule has 7 nitrogen and oxygen atoms in total. The number of halogens is 1. The van der Waals surface area contributed by atoms with Crippen molar-refractivity contribution in [1.82, 2.24) is 10.3 Å². The van der Waals surface area contributed by atoms with Crippen LogP contribution in [0.25, 0.3) is 0 Å². The zero-order chi connectivity index (χ0) is 15.4. The molecule has 1 aromatic carbocycles. The molecule has 0 aliphatic heterocycles. The molecule has 1 amide bonds. The van der Waals surface area contributed by atoms with Gasteiger partial charge in [-0.1, -0.05) is 6.92 Å². The van der Waals surface area contributed by atoms with E-state index in [0.717, 1.165) is 12.2 Å². The molecule has 0 bridgehead atoms. The second-order valence-corrected chi connectivity index (χ2v) is 5.03. The van der Waals surface area contributed by atoms with Crippen molar-refractivity contribution < 1.29 is 14.1 Å². The molecule has 21 heavy (non-hydrogen) atoms. The number of carbonyl (C=O) groups is 1. The van der Waals surface area contributed by atoms with Crippen molar-refractivity contribution in [3.8, 4) is 0 Å². The number of aromatic nitrogens is 1. The van der Waals surface area contributed by atoms with Crippen molar-refractivity contribution in [1.29, 1.82) is 0 Å². The number of aryl methyl sites for hydroxylation is 1. The van der Waals surface area contributed by atoms with Crippen LogP contribution in [0.4, 0.5) is 5.69 Å². The highest BCUT2D eigenvalue weighted by molar-refractivity contribution is 9.10. The van der Waals surface area contributed by atoms with Gasteiger partial charge in [0.05, 0.1) is 23.2 Å². The van der Waals surface area contributed by atoms with Gasteiger partial charge in [0.1, 0.15) is 5.76 Å². The van der Waals surface area contributed by atoms with Gasteiger partial charge in [0, 0.05) is 23.0 Å². The maximum Gasteiger partial charge on any atom is 0.270 e. The molecule has 0 saturated heterocycles. The summed E-state index contributed by atoms with van der Waals surface area (Å²) in [6.07, 6.45) is 2.32. The minimum atomic E-state index is -0.551. The second kappa shape index (κ2) is 6.49. The minimum absolute atomic E-state index is 0.119. The third kappa shape index (κ3) is 3.66. The lowest BCUT2D eigenvalue weighted by Crippen LogP contribution is -2.23. The van der Waals surface area contributed by atoms with Crippen LogP contribution >= 0.6 is 15.9 Å². The summed E-state index contributed by atoms with van der Waals surface area (Å²) in [6.45, 7) is 2.05. The summed E-state index contributed by atoms with van der Waals surface area (Å²) in [5.41, 5.74) is 0.0409. The molecule has 1 N–H and O–H groups in total. The largest absolute Gasteiger partial charge is 0.444 e. The summed E-state index contributed by atoms with van der Waals surface area (Å²) in [4.78, 5) is 26.3. The van der Waals surface area contributed by atoms with Crippen LogP contribution < -0.4 is 5.32 Å². The Bertz CT molecular complexity index is 684. The van der Waals surface area contributed by atoms with Crippen molar-refractivity contribution >= 4 is 27.5 Å². The summed E-state index contributed by atoms with van der Waals surface area (Å²) in [5, 5.41) is 13.3. The van der Waals surface area contributed by atoms with Gasteiger partial charge in [0.2, 0.25) is 5.89 Å². The van der Waals surface area contributed by atoms with E-state index in [1.807, 2.05) is 6.92 Å². The number of nitro groups is 1. The van der Waals surface area contributed by atoms with Crippen LogP contribution in [-0.4, -0.2) is 15.8 Å². The SMILES string of the molecule is CCc1cnc(CNC(=O)c2cc([N+](=O)[O-])ccc2Br)o1. The molecule has 0 spiro atoms. The van der Waals surface area contributed by atoms with Crippen molar-refractivity contribution in [3.63, 3.8) is 0 Å². The van der Waals surface area contributed by atoms with Crippen LogP contribution in [-0.2, 0) is 13.0 Å². The minimum Gasteiger partial charge on any atom is -0.444 e. The summed E-state index contributed by atoms with van der Waals surface area (Å²) < 4.78 is 5.84. The van der Waals surface area contributed by atoms with E-state index in [1.54, 1.807) is 6.20 Å². The normalized spacial score (nSPS) is 10.4. The lowest BCUT2D eigenvalue weighted by Gasteiger charge is -2.05. The first kappa shape index (κ1) is 15.2. The second-order valence-electron chi connectivity index (χ2n) is 4.18. The fraction of sp³-hybridized carbons (Fsp3) is 0.231. The summed E-state index contributed by atoms with van der Waals surface area (Å²) in [7, 11) is 0. The number of non-ortho nitro benzene ring substituents is 1. The number of oxazole rings is 1. The highest BCUT2D eigenvalue weighted by Gasteiger charge is 2.16. The Morgan fingerprint density at radius 2 is 2.29 bits per heavy atom. The van der Waals surface area contributed by atoms with Crippen molar-refractivity contribution in [3.05, 3.63) is 56.2 Å². The van der Waals surface area contributed by atoms with E-state index >= 15 is 0 Å². The van der Waals surface area contributed by atoms with Gasteiger partial charge in [0.25, 0.3) is 11.6 Å². The third-order valence-corrected chi connectivity index (χ3v) is 3.45. The van der Waals surface area contributed by atoms with E-state index in [2.05, 4.69) is 26.2 Å². The number of hydrogen-bond donors (Lipinski definition) is 1. The number of nitrogens with one attached hydrogen (secondary N) is 1. The van der Waals surface area contributed by atoms with E-state index < -0.39 is 10.8 Å². The standard InChI is InChI=1S/C13H12BrN3O4/c1-2-9-6-15-12(21-9)7-16-13(18)10-5-8(17(19)20)3-4-11(10)14/h3-6H,2,7H2,1H3,(H,16,18). The average Bonchev–Trinajstić information content (AvgIpc) is 2.93. The fourth-order valence-electron chi connectivity index (χ4n) is 1.65. The number of nitro benzene ring substituents is 1. The topological polar surface area (TPSA) is 98.3 Å². The zero-order valence-electron chi connectivity index (χ0n) is 11.1. The molecule has 0 saturated carbocycles. The molecule has 0 unspecified atom stereocenters. The third-order valence-electron chi connectivity index (χ3n) is 2.76. The Morgan fingerprint density at radius 1 is 1.52 bits per heavy atom. The molecule has 0 radical (unpaired) electrons.